The molecule has 2 nitrogen and oxygen atoms in total. The van der Waals surface area contributed by atoms with E-state index >= 15 is 0 Å². The van der Waals surface area contributed by atoms with Crippen molar-refractivity contribution in [1.82, 2.24) is 4.98 Å². The molecular formula is C11H15NO. The summed E-state index contributed by atoms with van der Waals surface area (Å²) >= 11 is 0. The number of rotatable bonds is 2. The number of hydrogen-bond acceptors (Lipinski definition) is 1. The first kappa shape index (κ1) is 9.78. The van der Waals surface area contributed by atoms with E-state index in [0.717, 1.165) is 5.69 Å². The summed E-state index contributed by atoms with van der Waals surface area (Å²) in [4.78, 5) is 14.5. The van der Waals surface area contributed by atoms with Gasteiger partial charge in [0, 0.05) is 17.3 Å². The fourth-order valence-electron chi connectivity index (χ4n) is 0.863. The molecule has 70 valence electrons. The Labute approximate surface area is 78.7 Å². The molecule has 0 atom stereocenters. The van der Waals surface area contributed by atoms with Crippen molar-refractivity contribution in [2.45, 2.75) is 20.8 Å². The maximum Gasteiger partial charge on any atom is 0.161 e. The number of ketones is 1. The highest BCUT2D eigenvalue weighted by Gasteiger charge is 2.17. The summed E-state index contributed by atoms with van der Waals surface area (Å²) in [6.07, 6.45) is 5.25. The molecule has 1 N–H and O–H groups in total. The Hall–Kier alpha value is -1.31. The van der Waals surface area contributed by atoms with Crippen molar-refractivity contribution in [2.75, 3.05) is 0 Å². The van der Waals surface area contributed by atoms with Crippen molar-refractivity contribution >= 4 is 11.9 Å². The first-order valence-electron chi connectivity index (χ1n) is 4.36. The van der Waals surface area contributed by atoms with Gasteiger partial charge in [-0.3, -0.25) is 4.79 Å². The molecule has 0 bridgehead atoms. The lowest BCUT2D eigenvalue weighted by Crippen LogP contribution is -2.17. The van der Waals surface area contributed by atoms with E-state index in [0.29, 0.717) is 0 Å². The standard InChI is InChI=1S/C11H15NO/c1-11(2,3)10(13)7-6-9-5-4-8-12-9/h4-8,12H,1-3H3/b7-6+. The fourth-order valence-corrected chi connectivity index (χ4v) is 0.863. The normalized spacial score (nSPS) is 12.2. The lowest BCUT2D eigenvalue weighted by molar-refractivity contribution is -0.121. The number of nitrogens with one attached hydrogen (secondary N) is 1. The van der Waals surface area contributed by atoms with Crippen LogP contribution in [-0.2, 0) is 4.79 Å². The Bertz CT molecular complexity index is 301. The Morgan fingerprint density at radius 1 is 1.46 bits per heavy atom. The van der Waals surface area contributed by atoms with Gasteiger partial charge in [0.2, 0.25) is 0 Å². The van der Waals surface area contributed by atoms with Gasteiger partial charge in [-0.05, 0) is 24.3 Å². The van der Waals surface area contributed by atoms with Gasteiger partial charge in [-0.15, -0.1) is 0 Å². The Balaban J connectivity index is 2.65. The third kappa shape index (κ3) is 2.90. The maximum atomic E-state index is 11.5. The topological polar surface area (TPSA) is 32.9 Å². The van der Waals surface area contributed by atoms with Gasteiger partial charge in [-0.2, -0.15) is 0 Å². The van der Waals surface area contributed by atoms with Crippen LogP contribution in [0.3, 0.4) is 0 Å². The predicted octanol–water partition coefficient (Wildman–Crippen LogP) is 2.64. The third-order valence-electron chi connectivity index (χ3n) is 1.78. The molecule has 1 heterocycles. The summed E-state index contributed by atoms with van der Waals surface area (Å²) in [7, 11) is 0. The smallest absolute Gasteiger partial charge is 0.161 e. The largest absolute Gasteiger partial charge is 0.362 e. The molecule has 1 rings (SSSR count). The summed E-state index contributed by atoms with van der Waals surface area (Å²) in [5, 5.41) is 0. The highest BCUT2D eigenvalue weighted by molar-refractivity contribution is 5.97. The summed E-state index contributed by atoms with van der Waals surface area (Å²) in [6.45, 7) is 5.73. The van der Waals surface area contributed by atoms with Gasteiger partial charge in [0.15, 0.2) is 5.78 Å². The Morgan fingerprint density at radius 2 is 2.15 bits per heavy atom. The highest BCUT2D eigenvalue weighted by Crippen LogP contribution is 2.15. The number of aromatic amines is 1. The summed E-state index contributed by atoms with van der Waals surface area (Å²) in [6, 6.07) is 3.83. The van der Waals surface area contributed by atoms with Gasteiger partial charge >= 0.3 is 0 Å². The van der Waals surface area contributed by atoms with Crippen molar-refractivity contribution in [3.8, 4) is 0 Å². The van der Waals surface area contributed by atoms with Gasteiger partial charge in [0.1, 0.15) is 0 Å². The van der Waals surface area contributed by atoms with E-state index in [1.807, 2.05) is 39.1 Å². The monoisotopic (exact) mass is 177 g/mol. The minimum atomic E-state index is -0.289. The Morgan fingerprint density at radius 3 is 2.62 bits per heavy atom. The van der Waals surface area contributed by atoms with Gasteiger partial charge in [-0.25, -0.2) is 0 Å². The van der Waals surface area contributed by atoms with E-state index in [4.69, 9.17) is 0 Å². The van der Waals surface area contributed by atoms with Crippen LogP contribution >= 0.6 is 0 Å². The van der Waals surface area contributed by atoms with Crippen molar-refractivity contribution in [3.05, 3.63) is 30.1 Å². The second-order valence-corrected chi connectivity index (χ2v) is 4.07. The first-order valence-corrected chi connectivity index (χ1v) is 4.36. The lowest BCUT2D eigenvalue weighted by Gasteiger charge is -2.12. The number of aromatic nitrogens is 1. The van der Waals surface area contributed by atoms with Crippen LogP contribution in [0.1, 0.15) is 26.5 Å². The van der Waals surface area contributed by atoms with Crippen LogP contribution in [0.15, 0.2) is 24.4 Å². The van der Waals surface area contributed by atoms with Crippen LogP contribution in [0.2, 0.25) is 0 Å². The van der Waals surface area contributed by atoms with E-state index in [1.165, 1.54) is 0 Å². The lowest BCUT2D eigenvalue weighted by atomic mass is 9.90. The zero-order valence-corrected chi connectivity index (χ0v) is 8.29. The molecule has 0 radical (unpaired) electrons. The van der Waals surface area contributed by atoms with E-state index in [-0.39, 0.29) is 11.2 Å². The zero-order valence-electron chi connectivity index (χ0n) is 8.29. The van der Waals surface area contributed by atoms with Crippen LogP contribution in [0.5, 0.6) is 0 Å². The predicted molar refractivity (Wildman–Crippen MR) is 54.3 cm³/mol. The number of hydrogen-bond donors (Lipinski definition) is 1. The average Bonchev–Trinajstić information content (AvgIpc) is 2.50. The second-order valence-electron chi connectivity index (χ2n) is 4.07. The molecule has 0 saturated carbocycles. The van der Waals surface area contributed by atoms with Crippen LogP contribution < -0.4 is 0 Å². The maximum absolute atomic E-state index is 11.5. The van der Waals surface area contributed by atoms with Crippen molar-refractivity contribution in [1.29, 1.82) is 0 Å². The molecule has 1 aromatic rings. The Kier molecular flexibility index (Phi) is 2.71. The number of carbonyl (C=O) groups is 1. The van der Waals surface area contributed by atoms with E-state index in [1.54, 1.807) is 12.2 Å². The van der Waals surface area contributed by atoms with E-state index in [2.05, 4.69) is 4.98 Å². The molecule has 13 heavy (non-hydrogen) atoms. The molecule has 0 amide bonds. The van der Waals surface area contributed by atoms with Crippen LogP contribution in [0.4, 0.5) is 0 Å². The molecule has 0 saturated heterocycles. The SMILES string of the molecule is CC(C)(C)C(=O)/C=C/c1ccc[nH]1. The molecule has 0 aliphatic carbocycles. The van der Waals surface area contributed by atoms with Crippen molar-refractivity contribution in [3.63, 3.8) is 0 Å². The molecule has 2 heteroatoms. The number of carbonyl (C=O) groups excluding carboxylic acids is 1. The zero-order chi connectivity index (χ0) is 9.90. The molecule has 0 spiro atoms. The first-order chi connectivity index (χ1) is 6.00. The molecule has 0 aromatic carbocycles. The minimum absolute atomic E-state index is 0.141. The van der Waals surface area contributed by atoms with E-state index < -0.39 is 0 Å². The highest BCUT2D eigenvalue weighted by atomic mass is 16.1. The number of H-pyrrole nitrogens is 1. The van der Waals surface area contributed by atoms with Crippen LogP contribution in [-0.4, -0.2) is 10.8 Å². The molecule has 0 aliphatic heterocycles. The summed E-state index contributed by atoms with van der Waals surface area (Å²) in [5.74, 6) is 0.141. The minimum Gasteiger partial charge on any atom is -0.362 e. The van der Waals surface area contributed by atoms with E-state index in [9.17, 15) is 4.79 Å². The fraction of sp³-hybridized carbons (Fsp3) is 0.364. The molecule has 0 unspecified atom stereocenters. The molecule has 0 fully saturated rings. The van der Waals surface area contributed by atoms with Gasteiger partial charge in [0.25, 0.3) is 0 Å². The third-order valence-corrected chi connectivity index (χ3v) is 1.78. The second kappa shape index (κ2) is 3.60. The van der Waals surface area contributed by atoms with Gasteiger partial charge < -0.3 is 4.98 Å². The number of allylic oxidation sites excluding steroid dienone is 1. The summed E-state index contributed by atoms with van der Waals surface area (Å²) in [5.41, 5.74) is 0.668. The molecular weight excluding hydrogens is 162 g/mol. The molecule has 0 aliphatic rings. The van der Waals surface area contributed by atoms with Crippen molar-refractivity contribution < 1.29 is 4.79 Å². The van der Waals surface area contributed by atoms with Gasteiger partial charge in [0.05, 0.1) is 0 Å². The van der Waals surface area contributed by atoms with Crippen LogP contribution in [0, 0.1) is 5.41 Å². The van der Waals surface area contributed by atoms with Crippen LogP contribution in [0.25, 0.3) is 6.08 Å². The van der Waals surface area contributed by atoms with Gasteiger partial charge in [-0.1, -0.05) is 20.8 Å². The summed E-state index contributed by atoms with van der Waals surface area (Å²) < 4.78 is 0. The van der Waals surface area contributed by atoms with Crippen molar-refractivity contribution in [2.24, 2.45) is 5.41 Å². The molecule has 1 aromatic heterocycles. The average molecular weight is 177 g/mol. The quantitative estimate of drug-likeness (QED) is 0.692.